The molecule has 0 spiro atoms. The number of aromatic nitrogens is 2. The molecule has 5 nitrogen and oxygen atoms in total. The summed E-state index contributed by atoms with van der Waals surface area (Å²) in [6.07, 6.45) is 0.795. The quantitative estimate of drug-likeness (QED) is 0.241. The fraction of sp³-hybridized carbons (Fsp3) is 0.192. The Morgan fingerprint density at radius 2 is 1.70 bits per heavy atom. The van der Waals surface area contributed by atoms with Crippen LogP contribution in [0.15, 0.2) is 98.6 Å². The lowest BCUT2D eigenvalue weighted by Crippen LogP contribution is -2.26. The van der Waals surface area contributed by atoms with E-state index in [0.29, 0.717) is 16.1 Å². The van der Waals surface area contributed by atoms with Gasteiger partial charge in [0.2, 0.25) is 5.91 Å². The van der Waals surface area contributed by atoms with Crippen molar-refractivity contribution >= 4 is 46.0 Å². The molecule has 0 aliphatic carbocycles. The molecule has 1 unspecified atom stereocenters. The van der Waals surface area contributed by atoms with Gasteiger partial charge in [-0.1, -0.05) is 72.9 Å². The number of anilines is 1. The highest BCUT2D eigenvalue weighted by Gasteiger charge is 2.17. The maximum Gasteiger partial charge on any atom is 0.262 e. The topological polar surface area (TPSA) is 64.0 Å². The first-order valence-corrected chi connectivity index (χ1v) is 12.6. The fourth-order valence-electron chi connectivity index (χ4n) is 3.39. The number of rotatable bonds is 8. The van der Waals surface area contributed by atoms with Gasteiger partial charge in [0.25, 0.3) is 5.56 Å². The van der Waals surface area contributed by atoms with Gasteiger partial charge < -0.3 is 5.32 Å². The van der Waals surface area contributed by atoms with E-state index in [2.05, 4.69) is 5.32 Å². The largest absolute Gasteiger partial charge is 0.324 e. The summed E-state index contributed by atoms with van der Waals surface area (Å²) in [6.45, 7) is 4.04. The highest BCUT2D eigenvalue weighted by Crippen LogP contribution is 2.33. The highest BCUT2D eigenvalue weighted by atomic mass is 32.2. The molecule has 168 valence electrons. The van der Waals surface area contributed by atoms with Gasteiger partial charge in [-0.25, -0.2) is 4.98 Å². The van der Waals surface area contributed by atoms with Crippen LogP contribution >= 0.6 is 23.5 Å². The molecule has 0 aliphatic rings. The monoisotopic (exact) mass is 475 g/mol. The van der Waals surface area contributed by atoms with Gasteiger partial charge in [0.05, 0.1) is 22.3 Å². The molecule has 3 aromatic carbocycles. The second-order valence-electron chi connectivity index (χ2n) is 7.59. The number of hydrogen-bond acceptors (Lipinski definition) is 5. The molecular formula is C26H25N3O2S2. The van der Waals surface area contributed by atoms with Crippen molar-refractivity contribution in [2.75, 3.05) is 11.1 Å². The van der Waals surface area contributed by atoms with Crippen LogP contribution in [0.4, 0.5) is 5.69 Å². The zero-order valence-electron chi connectivity index (χ0n) is 18.5. The van der Waals surface area contributed by atoms with Crippen LogP contribution in [-0.2, 0) is 4.79 Å². The molecule has 4 rings (SSSR count). The Hall–Kier alpha value is -3.03. The van der Waals surface area contributed by atoms with E-state index in [1.54, 1.807) is 22.4 Å². The van der Waals surface area contributed by atoms with Crippen molar-refractivity contribution in [2.45, 2.75) is 41.3 Å². The molecule has 4 aromatic rings. The number of para-hydroxylation sites is 2. The summed E-state index contributed by atoms with van der Waals surface area (Å²) < 4.78 is 1.71. The van der Waals surface area contributed by atoms with E-state index in [1.165, 1.54) is 11.8 Å². The summed E-state index contributed by atoms with van der Waals surface area (Å²) in [5, 5.41) is 4.18. The van der Waals surface area contributed by atoms with Crippen LogP contribution in [-0.4, -0.2) is 21.2 Å². The Balaban J connectivity index is 1.53. The normalized spacial score (nSPS) is 11.9. The van der Waals surface area contributed by atoms with E-state index in [1.807, 2.05) is 86.6 Å². The number of thioether (sulfide) groups is 1. The van der Waals surface area contributed by atoms with E-state index in [0.717, 1.165) is 21.9 Å². The minimum Gasteiger partial charge on any atom is -0.324 e. The van der Waals surface area contributed by atoms with Crippen molar-refractivity contribution in [3.63, 3.8) is 0 Å². The molecule has 1 N–H and O–H groups in total. The molecule has 33 heavy (non-hydrogen) atoms. The van der Waals surface area contributed by atoms with Crippen LogP contribution in [0.5, 0.6) is 0 Å². The third-order valence-corrected chi connectivity index (χ3v) is 7.31. The minimum absolute atomic E-state index is 0.0110. The lowest BCUT2D eigenvalue weighted by Gasteiger charge is -2.18. The number of hydrogen-bond donors (Lipinski definition) is 1. The van der Waals surface area contributed by atoms with Crippen molar-refractivity contribution in [2.24, 2.45) is 0 Å². The Morgan fingerprint density at radius 3 is 2.48 bits per heavy atom. The summed E-state index contributed by atoms with van der Waals surface area (Å²) in [7, 11) is 0. The number of nitrogens with zero attached hydrogens (tertiary/aromatic N) is 2. The van der Waals surface area contributed by atoms with Crippen LogP contribution in [0.1, 0.15) is 26.3 Å². The second kappa shape index (κ2) is 10.7. The molecule has 0 fully saturated rings. The zero-order chi connectivity index (χ0) is 23.2. The van der Waals surface area contributed by atoms with E-state index in [-0.39, 0.29) is 23.3 Å². The maximum atomic E-state index is 13.1. The number of carbonyl (C=O) groups excluding carboxylic acids is 1. The summed E-state index contributed by atoms with van der Waals surface area (Å²) in [4.78, 5) is 32.7. The average Bonchev–Trinajstić information content (AvgIpc) is 2.84. The van der Waals surface area contributed by atoms with Gasteiger partial charge >= 0.3 is 0 Å². The predicted octanol–water partition coefficient (Wildman–Crippen LogP) is 6.25. The van der Waals surface area contributed by atoms with Crippen LogP contribution in [0.3, 0.4) is 0 Å². The van der Waals surface area contributed by atoms with Gasteiger partial charge in [0, 0.05) is 15.8 Å². The van der Waals surface area contributed by atoms with Crippen molar-refractivity contribution in [1.29, 1.82) is 0 Å². The molecule has 0 radical (unpaired) electrons. The van der Waals surface area contributed by atoms with Gasteiger partial charge in [-0.15, -0.1) is 0 Å². The first-order valence-electron chi connectivity index (χ1n) is 10.8. The molecule has 1 amide bonds. The Labute approximate surface area is 201 Å². The summed E-state index contributed by atoms with van der Waals surface area (Å²) in [5.41, 5.74) is 1.35. The van der Waals surface area contributed by atoms with Crippen LogP contribution in [0.2, 0.25) is 0 Å². The molecule has 0 saturated heterocycles. The van der Waals surface area contributed by atoms with Crippen LogP contribution < -0.4 is 10.9 Å². The first kappa shape index (κ1) is 23.1. The Morgan fingerprint density at radius 1 is 1.00 bits per heavy atom. The lowest BCUT2D eigenvalue weighted by atomic mass is 10.2. The average molecular weight is 476 g/mol. The summed E-state index contributed by atoms with van der Waals surface area (Å²) in [5.74, 6) is 0.0187. The van der Waals surface area contributed by atoms with Gasteiger partial charge in [-0.3, -0.25) is 14.2 Å². The second-order valence-corrected chi connectivity index (χ2v) is 9.65. The number of nitrogens with one attached hydrogen (secondary N) is 1. The Bertz CT molecular complexity index is 1320. The first-order chi connectivity index (χ1) is 16.1. The number of fused-ring (bicyclic) bond motifs is 1. The SMILES string of the molecule is CCC(C)n1c(SCC(=O)Nc2ccccc2Sc2ccccc2)nc2ccccc2c1=O. The maximum absolute atomic E-state index is 13.1. The number of benzene rings is 3. The standard InChI is InChI=1S/C26H25N3O2S2/c1-3-18(2)29-25(31)20-13-7-8-14-21(20)28-26(29)32-17-24(30)27-22-15-9-10-16-23(22)33-19-11-5-4-6-12-19/h4-16,18H,3,17H2,1-2H3,(H,27,30). The molecule has 1 atom stereocenters. The van der Waals surface area contributed by atoms with Gasteiger partial charge in [-0.2, -0.15) is 0 Å². The Kier molecular flexibility index (Phi) is 7.52. The van der Waals surface area contributed by atoms with Crippen molar-refractivity contribution < 1.29 is 4.79 Å². The molecule has 1 aromatic heterocycles. The highest BCUT2D eigenvalue weighted by molar-refractivity contribution is 8.00. The molecule has 1 heterocycles. The third kappa shape index (κ3) is 5.49. The van der Waals surface area contributed by atoms with Gasteiger partial charge in [0.1, 0.15) is 0 Å². The van der Waals surface area contributed by atoms with Crippen LogP contribution in [0, 0.1) is 0 Å². The predicted molar refractivity (Wildman–Crippen MR) is 137 cm³/mol. The third-order valence-electron chi connectivity index (χ3n) is 5.27. The van der Waals surface area contributed by atoms with Gasteiger partial charge in [0.15, 0.2) is 5.16 Å². The van der Waals surface area contributed by atoms with E-state index in [9.17, 15) is 9.59 Å². The van der Waals surface area contributed by atoms with E-state index < -0.39 is 0 Å². The van der Waals surface area contributed by atoms with Crippen LogP contribution in [0.25, 0.3) is 10.9 Å². The van der Waals surface area contributed by atoms with E-state index >= 15 is 0 Å². The van der Waals surface area contributed by atoms with Gasteiger partial charge in [-0.05, 0) is 49.7 Å². The fourth-order valence-corrected chi connectivity index (χ4v) is 5.21. The summed E-state index contributed by atoms with van der Waals surface area (Å²) in [6, 6.07) is 25.1. The van der Waals surface area contributed by atoms with Crippen molar-refractivity contribution in [1.82, 2.24) is 9.55 Å². The molecule has 0 saturated carbocycles. The number of carbonyl (C=O) groups is 1. The van der Waals surface area contributed by atoms with Crippen molar-refractivity contribution in [3.8, 4) is 0 Å². The summed E-state index contributed by atoms with van der Waals surface area (Å²) >= 11 is 2.89. The molecular weight excluding hydrogens is 450 g/mol. The zero-order valence-corrected chi connectivity index (χ0v) is 20.2. The smallest absolute Gasteiger partial charge is 0.262 e. The molecule has 0 aliphatic heterocycles. The van der Waals surface area contributed by atoms with E-state index in [4.69, 9.17) is 4.98 Å². The minimum atomic E-state index is -0.140. The molecule has 0 bridgehead atoms. The lowest BCUT2D eigenvalue weighted by molar-refractivity contribution is -0.113. The molecule has 7 heteroatoms. The van der Waals surface area contributed by atoms with Crippen molar-refractivity contribution in [3.05, 3.63) is 89.2 Å². The number of amides is 1.